The van der Waals surface area contributed by atoms with E-state index in [-0.39, 0.29) is 18.4 Å². The van der Waals surface area contributed by atoms with Crippen molar-refractivity contribution >= 4 is 11.9 Å². The summed E-state index contributed by atoms with van der Waals surface area (Å²) in [6.45, 7) is 0. The van der Waals surface area contributed by atoms with Gasteiger partial charge in [-0.3, -0.25) is 9.59 Å². The molecule has 0 aromatic carbocycles. The molecule has 0 aromatic rings. The molecule has 1 heterocycles. The van der Waals surface area contributed by atoms with Gasteiger partial charge in [-0.25, -0.2) is 0 Å². The Morgan fingerprint density at radius 3 is 2.73 bits per heavy atom. The van der Waals surface area contributed by atoms with E-state index in [0.717, 1.165) is 12.8 Å². The van der Waals surface area contributed by atoms with Gasteiger partial charge in [-0.15, -0.1) is 0 Å². The molecule has 0 N–H and O–H groups in total. The Kier molecular flexibility index (Phi) is 1.16. The number of hydrogen-bond donors (Lipinski definition) is 0. The van der Waals surface area contributed by atoms with Gasteiger partial charge in [-0.1, -0.05) is 12.2 Å². The third-order valence-electron chi connectivity index (χ3n) is 2.27. The lowest BCUT2D eigenvalue weighted by Crippen LogP contribution is -2.20. The average Bonchev–Trinajstić information content (AvgIpc) is 2.45. The molecule has 1 fully saturated rings. The Bertz CT molecular complexity index is 254. The van der Waals surface area contributed by atoms with Gasteiger partial charge in [0.1, 0.15) is 0 Å². The topological polar surface area (TPSA) is 43.4 Å². The Morgan fingerprint density at radius 1 is 1.45 bits per heavy atom. The third-order valence-corrected chi connectivity index (χ3v) is 2.27. The van der Waals surface area contributed by atoms with Crippen molar-refractivity contribution in [3.8, 4) is 0 Å². The van der Waals surface area contributed by atoms with Crippen LogP contribution in [0.15, 0.2) is 12.2 Å². The van der Waals surface area contributed by atoms with E-state index in [4.69, 9.17) is 0 Å². The van der Waals surface area contributed by atoms with Crippen molar-refractivity contribution < 1.29 is 14.3 Å². The standard InChI is InChI=1S/C8H8O3/c9-6-5-8(7(10)11-6)3-1-2-4-8/h1,3H,2,4-5H2. The third kappa shape index (κ3) is 0.803. The summed E-state index contributed by atoms with van der Waals surface area (Å²) >= 11 is 0. The summed E-state index contributed by atoms with van der Waals surface area (Å²) in [5.41, 5.74) is -0.572. The number of ether oxygens (including phenoxy) is 1. The largest absolute Gasteiger partial charge is 0.392 e. The molecule has 1 saturated heterocycles. The Morgan fingerprint density at radius 2 is 2.27 bits per heavy atom. The predicted molar refractivity (Wildman–Crippen MR) is 36.5 cm³/mol. The summed E-state index contributed by atoms with van der Waals surface area (Å²) in [7, 11) is 0. The van der Waals surface area contributed by atoms with Crippen molar-refractivity contribution in [2.75, 3.05) is 0 Å². The molecule has 1 unspecified atom stereocenters. The first-order valence-electron chi connectivity index (χ1n) is 3.66. The molecular formula is C8H8O3. The van der Waals surface area contributed by atoms with Crippen molar-refractivity contribution in [1.29, 1.82) is 0 Å². The minimum absolute atomic E-state index is 0.238. The Balaban J connectivity index is 2.32. The van der Waals surface area contributed by atoms with Crippen molar-refractivity contribution in [3.63, 3.8) is 0 Å². The fourth-order valence-corrected chi connectivity index (χ4v) is 1.62. The minimum atomic E-state index is -0.572. The zero-order chi connectivity index (χ0) is 7.90. The van der Waals surface area contributed by atoms with Gasteiger partial charge < -0.3 is 4.74 Å². The normalized spacial score (nSPS) is 35.3. The highest BCUT2D eigenvalue weighted by molar-refractivity contribution is 5.98. The minimum Gasteiger partial charge on any atom is -0.392 e. The van der Waals surface area contributed by atoms with Gasteiger partial charge >= 0.3 is 11.9 Å². The van der Waals surface area contributed by atoms with E-state index >= 15 is 0 Å². The summed E-state index contributed by atoms with van der Waals surface area (Å²) in [5.74, 6) is -0.752. The molecule has 1 aliphatic carbocycles. The zero-order valence-electron chi connectivity index (χ0n) is 6.00. The first-order valence-corrected chi connectivity index (χ1v) is 3.66. The summed E-state index contributed by atoms with van der Waals surface area (Å²) in [6, 6.07) is 0. The SMILES string of the molecule is O=C1CC2(C=CCC2)C(=O)O1. The fraction of sp³-hybridized carbons (Fsp3) is 0.500. The van der Waals surface area contributed by atoms with Gasteiger partial charge in [0.25, 0.3) is 0 Å². The number of carbonyl (C=O) groups excluding carboxylic acids is 2. The smallest absolute Gasteiger partial charge is 0.324 e. The second-order valence-corrected chi connectivity index (χ2v) is 3.04. The fourth-order valence-electron chi connectivity index (χ4n) is 1.62. The molecule has 0 radical (unpaired) electrons. The number of carbonyl (C=O) groups is 2. The van der Waals surface area contributed by atoms with E-state index in [1.54, 1.807) is 6.08 Å². The predicted octanol–water partition coefficient (Wildman–Crippen LogP) is 0.796. The van der Waals surface area contributed by atoms with Crippen LogP contribution in [0.1, 0.15) is 19.3 Å². The average molecular weight is 152 g/mol. The van der Waals surface area contributed by atoms with Gasteiger partial charge in [0.15, 0.2) is 0 Å². The van der Waals surface area contributed by atoms with E-state index < -0.39 is 5.41 Å². The highest BCUT2D eigenvalue weighted by atomic mass is 16.6. The maximum absolute atomic E-state index is 11.1. The van der Waals surface area contributed by atoms with Crippen LogP contribution in [0.3, 0.4) is 0 Å². The van der Waals surface area contributed by atoms with E-state index in [1.807, 2.05) is 6.08 Å². The van der Waals surface area contributed by atoms with Crippen LogP contribution in [0, 0.1) is 5.41 Å². The van der Waals surface area contributed by atoms with Crippen molar-refractivity contribution in [2.45, 2.75) is 19.3 Å². The maximum atomic E-state index is 11.1. The molecule has 1 spiro atoms. The van der Waals surface area contributed by atoms with Crippen LogP contribution in [-0.2, 0) is 14.3 Å². The lowest BCUT2D eigenvalue weighted by atomic mass is 9.86. The van der Waals surface area contributed by atoms with Gasteiger partial charge in [0.05, 0.1) is 11.8 Å². The summed E-state index contributed by atoms with van der Waals surface area (Å²) in [6.07, 6.45) is 5.59. The number of hydrogen-bond acceptors (Lipinski definition) is 3. The number of cyclic esters (lactones) is 2. The molecule has 1 atom stereocenters. The summed E-state index contributed by atoms with van der Waals surface area (Å²) in [4.78, 5) is 21.9. The van der Waals surface area contributed by atoms with Gasteiger partial charge in [-0.05, 0) is 12.8 Å². The number of esters is 2. The molecule has 0 saturated carbocycles. The molecule has 2 rings (SSSR count). The molecule has 58 valence electrons. The molecular weight excluding hydrogens is 144 g/mol. The summed E-state index contributed by atoms with van der Waals surface area (Å²) in [5, 5.41) is 0. The first-order chi connectivity index (χ1) is 5.23. The second-order valence-electron chi connectivity index (χ2n) is 3.04. The Hall–Kier alpha value is -1.12. The van der Waals surface area contributed by atoms with Crippen LogP contribution in [0.25, 0.3) is 0 Å². The van der Waals surface area contributed by atoms with Gasteiger partial charge in [0, 0.05) is 0 Å². The molecule has 1 aliphatic heterocycles. The van der Waals surface area contributed by atoms with E-state index in [1.165, 1.54) is 0 Å². The Labute approximate surface area is 64.0 Å². The lowest BCUT2D eigenvalue weighted by molar-refractivity contribution is -0.154. The molecule has 0 amide bonds. The van der Waals surface area contributed by atoms with Crippen LogP contribution in [0.5, 0.6) is 0 Å². The van der Waals surface area contributed by atoms with Crippen LogP contribution in [0.4, 0.5) is 0 Å². The molecule has 0 aromatic heterocycles. The monoisotopic (exact) mass is 152 g/mol. The molecule has 2 aliphatic rings. The van der Waals surface area contributed by atoms with Crippen molar-refractivity contribution in [3.05, 3.63) is 12.2 Å². The van der Waals surface area contributed by atoms with Crippen LogP contribution < -0.4 is 0 Å². The lowest BCUT2D eigenvalue weighted by Gasteiger charge is -2.11. The first kappa shape index (κ1) is 6.58. The highest BCUT2D eigenvalue weighted by Crippen LogP contribution is 2.40. The quantitative estimate of drug-likeness (QED) is 0.293. The van der Waals surface area contributed by atoms with Crippen LogP contribution in [-0.4, -0.2) is 11.9 Å². The number of rotatable bonds is 0. The number of allylic oxidation sites excluding steroid dienone is 1. The zero-order valence-corrected chi connectivity index (χ0v) is 6.00. The van der Waals surface area contributed by atoms with E-state index in [2.05, 4.69) is 4.74 Å². The summed E-state index contributed by atoms with van der Waals surface area (Å²) < 4.78 is 4.47. The molecule has 11 heavy (non-hydrogen) atoms. The maximum Gasteiger partial charge on any atom is 0.324 e. The highest BCUT2D eigenvalue weighted by Gasteiger charge is 2.48. The molecule has 3 heteroatoms. The van der Waals surface area contributed by atoms with E-state index in [9.17, 15) is 9.59 Å². The van der Waals surface area contributed by atoms with E-state index in [0.29, 0.717) is 0 Å². The van der Waals surface area contributed by atoms with Gasteiger partial charge in [0.2, 0.25) is 0 Å². The van der Waals surface area contributed by atoms with Crippen molar-refractivity contribution in [1.82, 2.24) is 0 Å². The van der Waals surface area contributed by atoms with Gasteiger partial charge in [-0.2, -0.15) is 0 Å². The molecule has 3 nitrogen and oxygen atoms in total. The second kappa shape index (κ2) is 1.94. The van der Waals surface area contributed by atoms with Crippen LogP contribution in [0.2, 0.25) is 0 Å². The van der Waals surface area contributed by atoms with Crippen LogP contribution >= 0.6 is 0 Å². The van der Waals surface area contributed by atoms with Crippen molar-refractivity contribution in [2.24, 2.45) is 5.41 Å². The molecule has 0 bridgehead atoms.